The normalized spacial score (nSPS) is 17.0. The number of nitrogens with zero attached hydrogens (tertiary/aromatic N) is 2. The zero-order chi connectivity index (χ0) is 23.0. The number of carbonyl (C=O) groups is 3. The van der Waals surface area contributed by atoms with E-state index in [1.54, 1.807) is 11.6 Å². The molecule has 0 aliphatic carbocycles. The number of fused-ring (bicyclic) bond motifs is 1. The summed E-state index contributed by atoms with van der Waals surface area (Å²) in [6.07, 6.45) is 2.58. The van der Waals surface area contributed by atoms with E-state index >= 15 is 0 Å². The molecule has 2 aliphatic heterocycles. The second-order valence-corrected chi connectivity index (χ2v) is 8.53. The number of aromatic nitrogens is 1. The SMILES string of the molecule is CN(C(=O)C(=O)c1cc(C(=O)Nc2ccc(F)c(F)c2)c2n1CCC2)C1(C)CCOCC1. The van der Waals surface area contributed by atoms with Gasteiger partial charge in [0.15, 0.2) is 11.6 Å². The molecule has 32 heavy (non-hydrogen) atoms. The number of benzene rings is 1. The largest absolute Gasteiger partial charge is 0.381 e. The number of halogens is 2. The highest BCUT2D eigenvalue weighted by atomic mass is 19.2. The fourth-order valence-corrected chi connectivity index (χ4v) is 4.33. The van der Waals surface area contributed by atoms with E-state index in [1.807, 2.05) is 6.92 Å². The Hall–Kier alpha value is -3.07. The van der Waals surface area contributed by atoms with E-state index in [9.17, 15) is 23.2 Å². The molecule has 0 radical (unpaired) electrons. The number of ether oxygens (including phenoxy) is 1. The van der Waals surface area contributed by atoms with Crippen LogP contribution >= 0.6 is 0 Å². The molecule has 0 bridgehead atoms. The first-order valence-corrected chi connectivity index (χ1v) is 10.6. The molecule has 2 aromatic rings. The first-order valence-electron chi connectivity index (χ1n) is 10.6. The molecule has 1 aromatic heterocycles. The number of carbonyl (C=O) groups excluding carboxylic acids is 3. The third-order valence-electron chi connectivity index (χ3n) is 6.54. The number of nitrogens with one attached hydrogen (secondary N) is 1. The van der Waals surface area contributed by atoms with Crippen LogP contribution in [0.3, 0.4) is 0 Å². The molecule has 0 unspecified atom stereocenters. The van der Waals surface area contributed by atoms with Crippen LogP contribution in [0.1, 0.15) is 52.7 Å². The van der Waals surface area contributed by atoms with Gasteiger partial charge in [-0.25, -0.2) is 8.78 Å². The van der Waals surface area contributed by atoms with Gasteiger partial charge < -0.3 is 19.5 Å². The van der Waals surface area contributed by atoms with Crippen molar-refractivity contribution in [3.63, 3.8) is 0 Å². The smallest absolute Gasteiger partial charge is 0.296 e. The van der Waals surface area contributed by atoms with Gasteiger partial charge in [-0.05, 0) is 50.8 Å². The van der Waals surface area contributed by atoms with Crippen LogP contribution in [-0.4, -0.2) is 52.9 Å². The number of Topliss-reactive ketones (excluding diaryl/α,β-unsaturated/α-hetero) is 1. The van der Waals surface area contributed by atoms with Crippen molar-refractivity contribution in [3.05, 3.63) is 52.9 Å². The summed E-state index contributed by atoms with van der Waals surface area (Å²) in [7, 11) is 1.62. The molecule has 2 aliphatic rings. The maximum atomic E-state index is 13.5. The van der Waals surface area contributed by atoms with Crippen molar-refractivity contribution in [2.24, 2.45) is 0 Å². The monoisotopic (exact) mass is 445 g/mol. The van der Waals surface area contributed by atoms with Crippen molar-refractivity contribution in [1.29, 1.82) is 0 Å². The van der Waals surface area contributed by atoms with Crippen molar-refractivity contribution in [2.45, 2.75) is 44.7 Å². The van der Waals surface area contributed by atoms with Crippen LogP contribution in [0.4, 0.5) is 14.5 Å². The molecule has 4 rings (SSSR count). The van der Waals surface area contributed by atoms with E-state index in [0.29, 0.717) is 44.7 Å². The Morgan fingerprint density at radius 3 is 2.53 bits per heavy atom. The minimum Gasteiger partial charge on any atom is -0.381 e. The van der Waals surface area contributed by atoms with Gasteiger partial charge >= 0.3 is 0 Å². The molecule has 0 atom stereocenters. The number of hydrogen-bond acceptors (Lipinski definition) is 4. The van der Waals surface area contributed by atoms with Crippen LogP contribution in [-0.2, 0) is 22.5 Å². The number of likely N-dealkylation sites (N-methyl/N-ethyl adjacent to an activating group) is 1. The fourth-order valence-electron chi connectivity index (χ4n) is 4.33. The zero-order valence-corrected chi connectivity index (χ0v) is 18.0. The molecule has 2 amide bonds. The highest BCUT2D eigenvalue weighted by molar-refractivity contribution is 6.42. The number of rotatable bonds is 5. The summed E-state index contributed by atoms with van der Waals surface area (Å²) in [5, 5.41) is 2.54. The molecule has 1 N–H and O–H groups in total. The summed E-state index contributed by atoms with van der Waals surface area (Å²) < 4.78 is 33.7. The van der Waals surface area contributed by atoms with Crippen LogP contribution in [0.2, 0.25) is 0 Å². The van der Waals surface area contributed by atoms with E-state index in [4.69, 9.17) is 4.74 Å². The second-order valence-electron chi connectivity index (χ2n) is 8.53. The van der Waals surface area contributed by atoms with E-state index < -0.39 is 34.8 Å². The Kier molecular flexibility index (Phi) is 5.85. The summed E-state index contributed by atoms with van der Waals surface area (Å²) in [4.78, 5) is 40.5. The summed E-state index contributed by atoms with van der Waals surface area (Å²) in [5.74, 6) is -3.93. The summed E-state index contributed by atoms with van der Waals surface area (Å²) >= 11 is 0. The molecule has 9 heteroatoms. The van der Waals surface area contributed by atoms with Gasteiger partial charge in [-0.3, -0.25) is 14.4 Å². The minimum absolute atomic E-state index is 0.1000. The summed E-state index contributed by atoms with van der Waals surface area (Å²) in [6.45, 7) is 3.51. The van der Waals surface area contributed by atoms with Crippen molar-refractivity contribution in [1.82, 2.24) is 9.47 Å². The predicted molar refractivity (Wildman–Crippen MR) is 113 cm³/mol. The topological polar surface area (TPSA) is 80.6 Å². The Labute approximate surface area is 184 Å². The standard InChI is InChI=1S/C23H25F2N3O4/c1-23(7-10-32-11-8-23)27(2)22(31)20(29)19-13-15(18-4-3-9-28(18)19)21(30)26-14-5-6-16(24)17(25)12-14/h5-6,12-13H,3-4,7-11H2,1-2H3,(H,26,30). The molecular formula is C23H25F2N3O4. The van der Waals surface area contributed by atoms with Crippen LogP contribution in [0.5, 0.6) is 0 Å². The molecule has 1 aromatic carbocycles. The fraction of sp³-hybridized carbons (Fsp3) is 0.435. The second kappa shape index (κ2) is 8.46. The first-order chi connectivity index (χ1) is 15.2. The van der Waals surface area contributed by atoms with E-state index in [2.05, 4.69) is 5.32 Å². The minimum atomic E-state index is -1.07. The van der Waals surface area contributed by atoms with Gasteiger partial charge in [0.2, 0.25) is 0 Å². The lowest BCUT2D eigenvalue weighted by atomic mass is 9.90. The Morgan fingerprint density at radius 1 is 1.12 bits per heavy atom. The summed E-state index contributed by atoms with van der Waals surface area (Å²) in [5.41, 5.74) is 0.700. The third kappa shape index (κ3) is 3.92. The Morgan fingerprint density at radius 2 is 1.84 bits per heavy atom. The van der Waals surface area contributed by atoms with Crippen molar-refractivity contribution < 1.29 is 27.9 Å². The van der Waals surface area contributed by atoms with Crippen LogP contribution in [0, 0.1) is 11.6 Å². The van der Waals surface area contributed by atoms with Gasteiger partial charge in [0.25, 0.3) is 17.6 Å². The lowest BCUT2D eigenvalue weighted by molar-refractivity contribution is -0.133. The van der Waals surface area contributed by atoms with Crippen molar-refractivity contribution >= 4 is 23.3 Å². The van der Waals surface area contributed by atoms with Gasteiger partial charge in [0, 0.05) is 49.8 Å². The Balaban J connectivity index is 1.58. The highest BCUT2D eigenvalue weighted by Crippen LogP contribution is 2.29. The van der Waals surface area contributed by atoms with Crippen LogP contribution in [0.25, 0.3) is 0 Å². The van der Waals surface area contributed by atoms with Crippen molar-refractivity contribution in [3.8, 4) is 0 Å². The number of anilines is 1. The van der Waals surface area contributed by atoms with Gasteiger partial charge in [-0.2, -0.15) is 0 Å². The van der Waals surface area contributed by atoms with Crippen LogP contribution in [0.15, 0.2) is 24.3 Å². The van der Waals surface area contributed by atoms with Gasteiger partial charge in [-0.1, -0.05) is 0 Å². The molecule has 170 valence electrons. The molecule has 0 saturated carbocycles. The zero-order valence-electron chi connectivity index (χ0n) is 18.0. The lowest BCUT2D eigenvalue weighted by Crippen LogP contribution is -2.52. The molecule has 1 saturated heterocycles. The van der Waals surface area contributed by atoms with Crippen LogP contribution < -0.4 is 5.32 Å². The number of hydrogen-bond donors (Lipinski definition) is 1. The van der Waals surface area contributed by atoms with Crippen molar-refractivity contribution in [2.75, 3.05) is 25.6 Å². The average Bonchev–Trinajstić information content (AvgIpc) is 3.38. The highest BCUT2D eigenvalue weighted by Gasteiger charge is 2.39. The Bertz CT molecular complexity index is 1090. The van der Waals surface area contributed by atoms with E-state index in [1.165, 1.54) is 17.0 Å². The molecule has 1 fully saturated rings. The maximum absolute atomic E-state index is 13.5. The number of amides is 2. The van der Waals surface area contributed by atoms with E-state index in [-0.39, 0.29) is 16.9 Å². The molecular weight excluding hydrogens is 420 g/mol. The predicted octanol–water partition coefficient (Wildman–Crippen LogP) is 3.18. The maximum Gasteiger partial charge on any atom is 0.296 e. The van der Waals surface area contributed by atoms with Gasteiger partial charge in [-0.15, -0.1) is 0 Å². The van der Waals surface area contributed by atoms with Gasteiger partial charge in [0.05, 0.1) is 11.3 Å². The third-order valence-corrected chi connectivity index (χ3v) is 6.54. The number of ketones is 1. The summed E-state index contributed by atoms with van der Waals surface area (Å²) in [6, 6.07) is 4.49. The van der Waals surface area contributed by atoms with E-state index in [0.717, 1.165) is 18.6 Å². The molecule has 7 nitrogen and oxygen atoms in total. The molecule has 3 heterocycles. The average molecular weight is 445 g/mol. The van der Waals surface area contributed by atoms with Gasteiger partial charge in [0.1, 0.15) is 0 Å². The lowest BCUT2D eigenvalue weighted by Gasteiger charge is -2.41. The molecule has 0 spiro atoms. The quantitative estimate of drug-likeness (QED) is 0.566. The first kappa shape index (κ1) is 22.1.